The van der Waals surface area contributed by atoms with Crippen molar-refractivity contribution in [2.45, 2.75) is 25.7 Å². The Labute approximate surface area is 124 Å². The van der Waals surface area contributed by atoms with E-state index in [2.05, 4.69) is 5.10 Å². The molecule has 0 unspecified atom stereocenters. The Morgan fingerprint density at radius 2 is 2.05 bits per heavy atom. The summed E-state index contributed by atoms with van der Waals surface area (Å²) in [5.74, 6) is 1.50. The van der Waals surface area contributed by atoms with Gasteiger partial charge >= 0.3 is 0 Å². The van der Waals surface area contributed by atoms with Crippen molar-refractivity contribution in [1.82, 2.24) is 19.5 Å². The Kier molecular flexibility index (Phi) is 3.53. The van der Waals surface area contributed by atoms with Gasteiger partial charge in [0.05, 0.1) is 18.1 Å². The van der Waals surface area contributed by atoms with E-state index in [0.717, 1.165) is 43.0 Å². The molecule has 1 aliphatic heterocycles. The molecule has 21 heavy (non-hydrogen) atoms. The van der Waals surface area contributed by atoms with Gasteiger partial charge < -0.3 is 9.80 Å². The van der Waals surface area contributed by atoms with Crippen LogP contribution < -0.4 is 4.90 Å². The van der Waals surface area contributed by atoms with Crippen LogP contribution in [0.25, 0.3) is 5.52 Å². The molecule has 0 radical (unpaired) electrons. The van der Waals surface area contributed by atoms with E-state index in [1.54, 1.807) is 13.1 Å². The summed E-state index contributed by atoms with van der Waals surface area (Å²) in [5.41, 5.74) is 2.09. The first-order valence-electron chi connectivity index (χ1n) is 7.33. The smallest absolute Gasteiger partial charge is 0.219 e. The highest BCUT2D eigenvalue weighted by Gasteiger charge is 2.24. The normalized spacial score (nSPS) is 16.4. The number of piperidine rings is 1. The Morgan fingerprint density at radius 3 is 2.67 bits per heavy atom. The van der Waals surface area contributed by atoms with Gasteiger partial charge in [0, 0.05) is 40.0 Å². The van der Waals surface area contributed by atoms with Crippen molar-refractivity contribution in [2.75, 3.05) is 32.1 Å². The molecule has 0 aromatic carbocycles. The fourth-order valence-corrected chi connectivity index (χ4v) is 2.94. The summed E-state index contributed by atoms with van der Waals surface area (Å²) in [4.78, 5) is 20.2. The van der Waals surface area contributed by atoms with E-state index < -0.39 is 0 Å². The minimum absolute atomic E-state index is 0.165. The maximum Gasteiger partial charge on any atom is 0.219 e. The summed E-state index contributed by atoms with van der Waals surface area (Å²) in [6.07, 6.45) is 5.75. The number of carbonyl (C=O) groups excluding carboxylic acids is 1. The number of rotatable bonds is 2. The molecule has 0 atom stereocenters. The number of aromatic nitrogens is 3. The van der Waals surface area contributed by atoms with Crippen molar-refractivity contribution in [2.24, 2.45) is 0 Å². The molecule has 2 aromatic rings. The number of amides is 1. The van der Waals surface area contributed by atoms with E-state index in [4.69, 9.17) is 4.98 Å². The molecule has 0 aliphatic carbocycles. The van der Waals surface area contributed by atoms with Crippen LogP contribution in [0.4, 0.5) is 5.82 Å². The Bertz CT molecular complexity index is 655. The lowest BCUT2D eigenvalue weighted by Crippen LogP contribution is -2.36. The van der Waals surface area contributed by atoms with Crippen LogP contribution in [0.2, 0.25) is 0 Å². The molecule has 6 heteroatoms. The molecule has 112 valence electrons. The van der Waals surface area contributed by atoms with Crippen LogP contribution in [0.1, 0.15) is 31.4 Å². The van der Waals surface area contributed by atoms with Gasteiger partial charge in [-0.15, -0.1) is 0 Å². The number of anilines is 1. The number of likely N-dealkylation sites (tertiary alicyclic amines) is 1. The molecule has 2 aromatic heterocycles. The number of hydrogen-bond acceptors (Lipinski definition) is 4. The summed E-state index contributed by atoms with van der Waals surface area (Å²) in [6.45, 7) is 3.27. The number of carbonyl (C=O) groups is 1. The predicted molar refractivity (Wildman–Crippen MR) is 81.5 cm³/mol. The van der Waals surface area contributed by atoms with Gasteiger partial charge in [-0.3, -0.25) is 4.79 Å². The molecular weight excluding hydrogens is 266 g/mol. The highest BCUT2D eigenvalue weighted by molar-refractivity contribution is 5.73. The molecule has 3 heterocycles. The number of fused-ring (bicyclic) bond motifs is 1. The van der Waals surface area contributed by atoms with Crippen LogP contribution in [-0.2, 0) is 4.79 Å². The van der Waals surface area contributed by atoms with Gasteiger partial charge in [0.15, 0.2) is 5.82 Å². The van der Waals surface area contributed by atoms with E-state index in [-0.39, 0.29) is 5.91 Å². The standard InChI is InChI=1S/C15H21N5O/c1-11(21)19-8-5-12(6-9-19)13-10-20-14(4-7-16-20)15(17-13)18(2)3/h4,7,10,12H,5-6,8-9H2,1-3H3. The highest BCUT2D eigenvalue weighted by Crippen LogP contribution is 2.29. The first kappa shape index (κ1) is 13.9. The van der Waals surface area contributed by atoms with Crippen molar-refractivity contribution in [3.63, 3.8) is 0 Å². The average molecular weight is 287 g/mol. The lowest BCUT2D eigenvalue weighted by Gasteiger charge is -2.31. The van der Waals surface area contributed by atoms with E-state index in [0.29, 0.717) is 5.92 Å². The topological polar surface area (TPSA) is 53.7 Å². The molecular formula is C15H21N5O. The van der Waals surface area contributed by atoms with Crippen LogP contribution in [0, 0.1) is 0 Å². The summed E-state index contributed by atoms with van der Waals surface area (Å²) >= 11 is 0. The highest BCUT2D eigenvalue weighted by atomic mass is 16.2. The second-order valence-corrected chi connectivity index (χ2v) is 5.83. The molecule has 0 spiro atoms. The molecule has 0 saturated carbocycles. The summed E-state index contributed by atoms with van der Waals surface area (Å²) in [6, 6.07) is 1.98. The third kappa shape index (κ3) is 2.57. The lowest BCUT2D eigenvalue weighted by atomic mass is 9.93. The zero-order valence-corrected chi connectivity index (χ0v) is 12.8. The monoisotopic (exact) mass is 287 g/mol. The summed E-state index contributed by atoms with van der Waals surface area (Å²) < 4.78 is 1.90. The molecule has 1 saturated heterocycles. The maximum atomic E-state index is 11.4. The van der Waals surface area contributed by atoms with Crippen LogP contribution in [0.3, 0.4) is 0 Å². The quantitative estimate of drug-likeness (QED) is 0.840. The fraction of sp³-hybridized carbons (Fsp3) is 0.533. The molecule has 1 aliphatic rings. The Morgan fingerprint density at radius 1 is 1.33 bits per heavy atom. The van der Waals surface area contributed by atoms with Crippen molar-refractivity contribution in [3.8, 4) is 0 Å². The third-order valence-electron chi connectivity index (χ3n) is 4.17. The van der Waals surface area contributed by atoms with Gasteiger partial charge in [-0.05, 0) is 18.9 Å². The van der Waals surface area contributed by atoms with Gasteiger partial charge in [0.25, 0.3) is 0 Å². The second kappa shape index (κ2) is 5.35. The number of hydrogen-bond donors (Lipinski definition) is 0. The zero-order chi connectivity index (χ0) is 15.0. The first-order chi connectivity index (χ1) is 10.1. The minimum atomic E-state index is 0.165. The van der Waals surface area contributed by atoms with Gasteiger partial charge in [-0.2, -0.15) is 5.10 Å². The average Bonchev–Trinajstić information content (AvgIpc) is 2.94. The van der Waals surface area contributed by atoms with Crippen molar-refractivity contribution in [3.05, 3.63) is 24.2 Å². The first-order valence-corrected chi connectivity index (χ1v) is 7.33. The molecule has 0 N–H and O–H groups in total. The van der Waals surface area contributed by atoms with E-state index in [1.165, 1.54) is 0 Å². The van der Waals surface area contributed by atoms with Gasteiger partial charge in [-0.1, -0.05) is 0 Å². The van der Waals surface area contributed by atoms with E-state index in [9.17, 15) is 4.79 Å². The maximum absolute atomic E-state index is 11.4. The van der Waals surface area contributed by atoms with E-state index >= 15 is 0 Å². The van der Waals surface area contributed by atoms with E-state index in [1.807, 2.05) is 40.7 Å². The van der Waals surface area contributed by atoms with Crippen molar-refractivity contribution < 1.29 is 4.79 Å². The lowest BCUT2D eigenvalue weighted by molar-refractivity contribution is -0.129. The third-order valence-corrected chi connectivity index (χ3v) is 4.17. The van der Waals surface area contributed by atoms with Gasteiger partial charge in [0.1, 0.15) is 5.52 Å². The molecule has 1 fully saturated rings. The van der Waals surface area contributed by atoms with Crippen LogP contribution in [0.5, 0.6) is 0 Å². The molecule has 6 nitrogen and oxygen atoms in total. The minimum Gasteiger partial charge on any atom is -0.361 e. The molecule has 1 amide bonds. The zero-order valence-electron chi connectivity index (χ0n) is 12.8. The Hall–Kier alpha value is -2.11. The van der Waals surface area contributed by atoms with Crippen LogP contribution in [-0.4, -0.2) is 52.6 Å². The number of nitrogens with zero attached hydrogens (tertiary/aromatic N) is 5. The van der Waals surface area contributed by atoms with Crippen molar-refractivity contribution >= 4 is 17.2 Å². The van der Waals surface area contributed by atoms with Crippen LogP contribution >= 0.6 is 0 Å². The van der Waals surface area contributed by atoms with Crippen LogP contribution in [0.15, 0.2) is 18.5 Å². The largest absolute Gasteiger partial charge is 0.361 e. The molecule has 3 rings (SSSR count). The van der Waals surface area contributed by atoms with Gasteiger partial charge in [-0.25, -0.2) is 9.50 Å². The summed E-state index contributed by atoms with van der Waals surface area (Å²) in [7, 11) is 3.99. The SMILES string of the molecule is CC(=O)N1CCC(c2cn3nccc3c(N(C)C)n2)CC1. The molecule has 0 bridgehead atoms. The fourth-order valence-electron chi connectivity index (χ4n) is 2.94. The van der Waals surface area contributed by atoms with Gasteiger partial charge in [0.2, 0.25) is 5.91 Å². The predicted octanol–water partition coefficient (Wildman–Crippen LogP) is 1.52. The second-order valence-electron chi connectivity index (χ2n) is 5.83. The Balaban J connectivity index is 1.89. The van der Waals surface area contributed by atoms with Crippen molar-refractivity contribution in [1.29, 1.82) is 0 Å². The summed E-state index contributed by atoms with van der Waals surface area (Å²) in [5, 5.41) is 4.35.